The van der Waals surface area contributed by atoms with E-state index in [-0.39, 0.29) is 16.7 Å². The minimum absolute atomic E-state index is 0.00287. The van der Waals surface area contributed by atoms with Crippen molar-refractivity contribution in [3.05, 3.63) is 16.3 Å². The molecule has 0 aliphatic heterocycles. The van der Waals surface area contributed by atoms with Gasteiger partial charge in [0, 0.05) is 5.92 Å². The fourth-order valence-corrected chi connectivity index (χ4v) is 4.05. The van der Waals surface area contributed by atoms with Gasteiger partial charge in [0.15, 0.2) is 0 Å². The van der Waals surface area contributed by atoms with Crippen LogP contribution in [-0.2, 0) is 4.79 Å². The molecule has 3 rings (SSSR count). The third kappa shape index (κ3) is 1.92. The molecule has 96 valence electrons. The number of carboxylic acid groups (broad SMARTS) is 1. The van der Waals surface area contributed by atoms with E-state index >= 15 is 0 Å². The van der Waals surface area contributed by atoms with Crippen LogP contribution in [0.4, 0.5) is 5.69 Å². The molecule has 2 bridgehead atoms. The summed E-state index contributed by atoms with van der Waals surface area (Å²) in [6.45, 7) is 0. The number of thiophene rings is 1. The minimum Gasteiger partial charge on any atom is -0.477 e. The standard InChI is InChI=1S/C13H15NO3S/c15-12(9-6-7-1-2-8(9)5-7)14-10-3-4-18-11(10)13(16)17/h3-4,7-9H,1-2,5-6H2,(H,14,15)(H,16,17). The second kappa shape index (κ2) is 4.39. The maximum atomic E-state index is 12.2. The fourth-order valence-electron chi connectivity index (χ4n) is 3.36. The van der Waals surface area contributed by atoms with E-state index in [2.05, 4.69) is 5.32 Å². The van der Waals surface area contributed by atoms with E-state index in [1.165, 1.54) is 12.8 Å². The molecule has 2 fully saturated rings. The number of fused-ring (bicyclic) bond motifs is 2. The molecule has 2 N–H and O–H groups in total. The van der Waals surface area contributed by atoms with Crippen LogP contribution in [0, 0.1) is 17.8 Å². The van der Waals surface area contributed by atoms with E-state index in [0.717, 1.165) is 24.2 Å². The largest absolute Gasteiger partial charge is 0.477 e. The Balaban J connectivity index is 1.71. The van der Waals surface area contributed by atoms with Crippen molar-refractivity contribution in [3.63, 3.8) is 0 Å². The molecular weight excluding hydrogens is 250 g/mol. The Labute approximate surface area is 109 Å². The van der Waals surface area contributed by atoms with Crippen molar-refractivity contribution in [3.8, 4) is 0 Å². The first-order valence-electron chi connectivity index (χ1n) is 6.27. The van der Waals surface area contributed by atoms with Crippen molar-refractivity contribution >= 4 is 28.9 Å². The van der Waals surface area contributed by atoms with E-state index < -0.39 is 5.97 Å². The van der Waals surface area contributed by atoms with Crippen LogP contribution in [0.2, 0.25) is 0 Å². The predicted octanol–water partition coefficient (Wildman–Crippen LogP) is 2.82. The van der Waals surface area contributed by atoms with E-state index in [4.69, 9.17) is 5.11 Å². The third-order valence-electron chi connectivity index (χ3n) is 4.19. The summed E-state index contributed by atoms with van der Waals surface area (Å²) in [6.07, 6.45) is 4.56. The molecule has 0 saturated heterocycles. The van der Waals surface area contributed by atoms with E-state index in [0.29, 0.717) is 17.5 Å². The molecule has 0 spiro atoms. The number of carbonyl (C=O) groups is 2. The van der Waals surface area contributed by atoms with Gasteiger partial charge < -0.3 is 10.4 Å². The van der Waals surface area contributed by atoms with Gasteiger partial charge in [-0.2, -0.15) is 0 Å². The molecule has 2 saturated carbocycles. The van der Waals surface area contributed by atoms with Gasteiger partial charge in [-0.05, 0) is 42.5 Å². The smallest absolute Gasteiger partial charge is 0.348 e. The van der Waals surface area contributed by atoms with Gasteiger partial charge in [-0.3, -0.25) is 4.79 Å². The Bertz CT molecular complexity index is 496. The highest BCUT2D eigenvalue weighted by Gasteiger charge is 2.43. The maximum Gasteiger partial charge on any atom is 0.348 e. The Hall–Kier alpha value is -1.36. The quantitative estimate of drug-likeness (QED) is 0.883. The molecule has 3 unspecified atom stereocenters. The van der Waals surface area contributed by atoms with Crippen molar-refractivity contribution in [2.45, 2.75) is 25.7 Å². The lowest BCUT2D eigenvalue weighted by atomic mass is 9.88. The number of amides is 1. The van der Waals surface area contributed by atoms with Crippen molar-refractivity contribution < 1.29 is 14.7 Å². The van der Waals surface area contributed by atoms with Crippen LogP contribution in [0.3, 0.4) is 0 Å². The normalized spacial score (nSPS) is 29.4. The van der Waals surface area contributed by atoms with Crippen LogP contribution in [-0.4, -0.2) is 17.0 Å². The predicted molar refractivity (Wildman–Crippen MR) is 68.8 cm³/mol. The van der Waals surface area contributed by atoms with Gasteiger partial charge in [0.05, 0.1) is 5.69 Å². The molecule has 1 heterocycles. The first-order valence-corrected chi connectivity index (χ1v) is 7.14. The lowest BCUT2D eigenvalue weighted by Gasteiger charge is -2.20. The van der Waals surface area contributed by atoms with Gasteiger partial charge in [0.1, 0.15) is 4.88 Å². The fraction of sp³-hybridized carbons (Fsp3) is 0.538. The Morgan fingerprint density at radius 1 is 1.33 bits per heavy atom. The topological polar surface area (TPSA) is 66.4 Å². The first-order chi connectivity index (χ1) is 8.65. The Kier molecular flexibility index (Phi) is 2.86. The zero-order valence-corrected chi connectivity index (χ0v) is 10.7. The molecule has 2 aliphatic carbocycles. The van der Waals surface area contributed by atoms with Crippen molar-refractivity contribution in [1.82, 2.24) is 0 Å². The summed E-state index contributed by atoms with van der Waals surface area (Å²) >= 11 is 1.14. The van der Waals surface area contributed by atoms with Crippen molar-refractivity contribution in [1.29, 1.82) is 0 Å². The van der Waals surface area contributed by atoms with Gasteiger partial charge in [-0.1, -0.05) is 6.42 Å². The van der Waals surface area contributed by atoms with E-state index in [1.807, 2.05) is 0 Å². The summed E-state index contributed by atoms with van der Waals surface area (Å²) in [4.78, 5) is 23.4. The van der Waals surface area contributed by atoms with Crippen molar-refractivity contribution in [2.75, 3.05) is 5.32 Å². The van der Waals surface area contributed by atoms with Gasteiger partial charge in [-0.25, -0.2) is 4.79 Å². The second-order valence-electron chi connectivity index (χ2n) is 5.24. The second-order valence-corrected chi connectivity index (χ2v) is 6.16. The Morgan fingerprint density at radius 2 is 2.17 bits per heavy atom. The summed E-state index contributed by atoms with van der Waals surface area (Å²) in [5, 5.41) is 13.5. The summed E-state index contributed by atoms with van der Waals surface area (Å²) in [5.41, 5.74) is 0.445. The van der Waals surface area contributed by atoms with Crippen LogP contribution in [0.15, 0.2) is 11.4 Å². The molecule has 5 heteroatoms. The number of aromatic carboxylic acids is 1. The lowest BCUT2D eigenvalue weighted by Crippen LogP contribution is -2.27. The molecular formula is C13H15NO3S. The van der Waals surface area contributed by atoms with Crippen LogP contribution >= 0.6 is 11.3 Å². The third-order valence-corrected chi connectivity index (χ3v) is 5.09. The molecule has 18 heavy (non-hydrogen) atoms. The Morgan fingerprint density at radius 3 is 2.78 bits per heavy atom. The SMILES string of the molecule is O=C(O)c1sccc1NC(=O)C1CC2CCC1C2. The number of hydrogen-bond acceptors (Lipinski definition) is 3. The van der Waals surface area contributed by atoms with E-state index in [1.54, 1.807) is 11.4 Å². The minimum atomic E-state index is -0.978. The number of carboxylic acids is 1. The zero-order chi connectivity index (χ0) is 12.7. The van der Waals surface area contributed by atoms with Gasteiger partial charge in [0.25, 0.3) is 0 Å². The first kappa shape index (κ1) is 11.7. The molecule has 1 aromatic rings. The number of anilines is 1. The van der Waals surface area contributed by atoms with E-state index in [9.17, 15) is 9.59 Å². The summed E-state index contributed by atoms with van der Waals surface area (Å²) in [5.74, 6) is 0.343. The zero-order valence-electron chi connectivity index (χ0n) is 9.89. The van der Waals surface area contributed by atoms with Gasteiger partial charge >= 0.3 is 5.97 Å². The highest BCUT2D eigenvalue weighted by molar-refractivity contribution is 7.12. The highest BCUT2D eigenvalue weighted by Crippen LogP contribution is 2.48. The molecule has 4 nitrogen and oxygen atoms in total. The average Bonchev–Trinajstić information content (AvgIpc) is 3.03. The summed E-state index contributed by atoms with van der Waals surface area (Å²) < 4.78 is 0. The summed E-state index contributed by atoms with van der Waals surface area (Å²) in [6, 6.07) is 1.67. The number of hydrogen-bond donors (Lipinski definition) is 2. The molecule has 3 atom stereocenters. The molecule has 0 aromatic carbocycles. The maximum absolute atomic E-state index is 12.2. The molecule has 0 radical (unpaired) electrons. The van der Waals surface area contributed by atoms with Crippen LogP contribution in [0.25, 0.3) is 0 Å². The van der Waals surface area contributed by atoms with Gasteiger partial charge in [0.2, 0.25) is 5.91 Å². The lowest BCUT2D eigenvalue weighted by molar-refractivity contribution is -0.121. The number of rotatable bonds is 3. The van der Waals surface area contributed by atoms with Gasteiger partial charge in [-0.15, -0.1) is 11.3 Å². The monoisotopic (exact) mass is 265 g/mol. The molecule has 1 amide bonds. The molecule has 1 aromatic heterocycles. The van der Waals surface area contributed by atoms with Crippen molar-refractivity contribution in [2.24, 2.45) is 17.8 Å². The van der Waals surface area contributed by atoms with Crippen LogP contribution in [0.1, 0.15) is 35.4 Å². The van der Waals surface area contributed by atoms with Crippen LogP contribution < -0.4 is 5.32 Å². The average molecular weight is 265 g/mol. The number of nitrogens with one attached hydrogen (secondary N) is 1. The van der Waals surface area contributed by atoms with Crippen LogP contribution in [0.5, 0.6) is 0 Å². The highest BCUT2D eigenvalue weighted by atomic mass is 32.1. The summed E-state index contributed by atoms with van der Waals surface area (Å²) in [7, 11) is 0. The number of carbonyl (C=O) groups excluding carboxylic acids is 1. The molecule has 2 aliphatic rings.